The molecule has 1 saturated heterocycles. The molecule has 37 heavy (non-hydrogen) atoms. The molecule has 0 spiro atoms. The second kappa shape index (κ2) is 9.45. The van der Waals surface area contributed by atoms with Gasteiger partial charge < -0.3 is 10.0 Å². The van der Waals surface area contributed by atoms with Crippen LogP contribution in [0.25, 0.3) is 0 Å². The van der Waals surface area contributed by atoms with E-state index in [-0.39, 0.29) is 23.9 Å². The van der Waals surface area contributed by atoms with Gasteiger partial charge in [0.15, 0.2) is 5.17 Å². The van der Waals surface area contributed by atoms with Crippen molar-refractivity contribution in [1.29, 1.82) is 0 Å². The van der Waals surface area contributed by atoms with E-state index in [1.807, 2.05) is 69.3 Å². The molecule has 3 aliphatic rings. The maximum Gasteiger partial charge on any atom is 0.521 e. The molecule has 0 radical (unpaired) electrons. The molecule has 194 valence electrons. The SMILES string of the molecule is CC(C)C1=C(C(=O)[N+]2(C(=O)O)CCC[C@H]2C)SC2=N[C@@](C)(c3ccc(Cl)cc3)[C@@H](c3ccc(Cl)cc3)N21. The van der Waals surface area contributed by atoms with Crippen molar-refractivity contribution in [3.05, 3.63) is 80.3 Å². The summed E-state index contributed by atoms with van der Waals surface area (Å²) in [5.74, 6) is -0.375. The predicted octanol–water partition coefficient (Wildman–Crippen LogP) is 7.44. The number of fused-ring (bicyclic) bond motifs is 1. The van der Waals surface area contributed by atoms with Gasteiger partial charge in [-0.15, -0.1) is 0 Å². The van der Waals surface area contributed by atoms with Crippen LogP contribution in [-0.4, -0.2) is 44.2 Å². The van der Waals surface area contributed by atoms with Gasteiger partial charge in [-0.1, -0.05) is 61.3 Å². The van der Waals surface area contributed by atoms with E-state index < -0.39 is 16.1 Å². The zero-order chi connectivity index (χ0) is 26.7. The average molecular weight is 560 g/mol. The van der Waals surface area contributed by atoms with Crippen LogP contribution in [0.5, 0.6) is 0 Å². The maximum atomic E-state index is 14.1. The number of amidine groups is 1. The molecule has 9 heteroatoms. The first-order chi connectivity index (χ1) is 17.5. The molecule has 0 aliphatic carbocycles. The molecule has 1 N–H and O–H groups in total. The lowest BCUT2D eigenvalue weighted by Gasteiger charge is -2.37. The standard InChI is InChI=1S/C28H29Cl2N3O3S/c1-16(2)22-23(25(34)33(27(35)36)15-5-6-17(33)3)37-26-31-28(4,19-9-13-21(30)14-10-19)24(32(22)26)18-7-11-20(29)12-8-18/h7-14,16-17,24H,5-6,15H2,1-4H3/p+1/t17-,24-,28+,33?/m1/s1. The summed E-state index contributed by atoms with van der Waals surface area (Å²) >= 11 is 13.7. The lowest BCUT2D eigenvalue weighted by Crippen LogP contribution is -2.58. The molecule has 2 amide bonds. The number of rotatable bonds is 4. The van der Waals surface area contributed by atoms with Gasteiger partial charge in [0.2, 0.25) is 0 Å². The summed E-state index contributed by atoms with van der Waals surface area (Å²) in [4.78, 5) is 34.5. The van der Waals surface area contributed by atoms with Gasteiger partial charge in [0.1, 0.15) is 16.5 Å². The Balaban J connectivity index is 1.68. The summed E-state index contributed by atoms with van der Waals surface area (Å²) in [6.07, 6.45) is 0.334. The minimum absolute atomic E-state index is 0.0340. The molecule has 6 nitrogen and oxygen atoms in total. The third-order valence-corrected chi connectivity index (χ3v) is 9.52. The van der Waals surface area contributed by atoms with Gasteiger partial charge in [-0.25, -0.2) is 9.79 Å². The van der Waals surface area contributed by atoms with Crippen molar-refractivity contribution in [3.8, 4) is 0 Å². The fourth-order valence-electron chi connectivity index (χ4n) is 6.00. The van der Waals surface area contributed by atoms with E-state index in [2.05, 4.69) is 11.8 Å². The first kappa shape index (κ1) is 26.3. The molecule has 1 unspecified atom stereocenters. The number of hydrogen-bond donors (Lipinski definition) is 1. The van der Waals surface area contributed by atoms with Gasteiger partial charge in [-0.2, -0.15) is 9.28 Å². The molecule has 3 aliphatic heterocycles. The van der Waals surface area contributed by atoms with Crippen molar-refractivity contribution in [2.45, 2.75) is 58.2 Å². The van der Waals surface area contributed by atoms with Gasteiger partial charge in [-0.3, -0.25) is 0 Å². The van der Waals surface area contributed by atoms with Crippen LogP contribution in [0, 0.1) is 5.92 Å². The molecular formula is C28H30Cl2N3O3S+. The van der Waals surface area contributed by atoms with E-state index in [9.17, 15) is 14.7 Å². The van der Waals surface area contributed by atoms with E-state index in [1.54, 1.807) is 0 Å². The Morgan fingerprint density at radius 1 is 1.11 bits per heavy atom. The van der Waals surface area contributed by atoms with E-state index in [4.69, 9.17) is 28.2 Å². The number of allylic oxidation sites excluding steroid dienone is 1. The van der Waals surface area contributed by atoms with E-state index in [0.29, 0.717) is 39.5 Å². The zero-order valence-electron chi connectivity index (χ0n) is 21.2. The van der Waals surface area contributed by atoms with E-state index in [0.717, 1.165) is 16.8 Å². The topological polar surface area (TPSA) is 70.0 Å². The lowest BCUT2D eigenvalue weighted by molar-refractivity contribution is -0.789. The molecule has 0 bridgehead atoms. The number of quaternary nitrogens is 1. The van der Waals surface area contributed by atoms with Crippen molar-refractivity contribution >= 4 is 52.1 Å². The highest BCUT2D eigenvalue weighted by atomic mass is 35.5. The molecular weight excluding hydrogens is 529 g/mol. The first-order valence-corrected chi connectivity index (χ1v) is 14.1. The number of nitrogens with zero attached hydrogens (tertiary/aromatic N) is 3. The number of amides is 2. The Hall–Kier alpha value is -2.32. The highest BCUT2D eigenvalue weighted by molar-refractivity contribution is 8.18. The van der Waals surface area contributed by atoms with Gasteiger partial charge in [0.05, 0.1) is 12.6 Å². The predicted molar refractivity (Wildman–Crippen MR) is 149 cm³/mol. The second-order valence-electron chi connectivity index (χ2n) is 10.5. The quantitative estimate of drug-likeness (QED) is 0.395. The number of halogens is 2. The fraction of sp³-hybridized carbons (Fsp3) is 0.393. The van der Waals surface area contributed by atoms with Crippen molar-refractivity contribution in [2.75, 3.05) is 6.54 Å². The molecule has 0 aromatic heterocycles. The number of likely N-dealkylation sites (tertiary alicyclic amines) is 1. The third kappa shape index (κ3) is 4.02. The van der Waals surface area contributed by atoms with E-state index >= 15 is 0 Å². The van der Waals surface area contributed by atoms with Crippen LogP contribution < -0.4 is 0 Å². The molecule has 4 atom stereocenters. The summed E-state index contributed by atoms with van der Waals surface area (Å²) in [5.41, 5.74) is 2.15. The van der Waals surface area contributed by atoms with E-state index in [1.165, 1.54) is 11.8 Å². The Labute approximate surface area is 231 Å². The summed E-state index contributed by atoms with van der Waals surface area (Å²) < 4.78 is -0.556. The highest BCUT2D eigenvalue weighted by Crippen LogP contribution is 2.56. The van der Waals surface area contributed by atoms with Crippen molar-refractivity contribution in [1.82, 2.24) is 4.90 Å². The number of hydrogen-bond acceptors (Lipinski definition) is 5. The van der Waals surface area contributed by atoms with Crippen LogP contribution in [0.1, 0.15) is 57.7 Å². The molecule has 1 fully saturated rings. The van der Waals surface area contributed by atoms with Crippen LogP contribution in [0.4, 0.5) is 4.79 Å². The Kier molecular flexibility index (Phi) is 6.72. The average Bonchev–Trinajstić information content (AvgIpc) is 3.49. The fourth-order valence-corrected chi connectivity index (χ4v) is 7.66. The minimum atomic E-state index is -1.08. The molecule has 0 saturated carbocycles. The van der Waals surface area contributed by atoms with Crippen LogP contribution >= 0.6 is 35.0 Å². The first-order valence-electron chi connectivity index (χ1n) is 12.5. The third-order valence-electron chi connectivity index (χ3n) is 7.95. The van der Waals surface area contributed by atoms with Gasteiger partial charge >= 0.3 is 12.0 Å². The number of carbonyl (C=O) groups excluding carboxylic acids is 1. The van der Waals surface area contributed by atoms with Gasteiger partial charge in [-0.05, 0) is 66.9 Å². The van der Waals surface area contributed by atoms with Crippen LogP contribution in [0.2, 0.25) is 10.0 Å². The van der Waals surface area contributed by atoms with Crippen LogP contribution in [0.3, 0.4) is 0 Å². The number of imide groups is 1. The number of carbonyl (C=O) groups is 2. The molecule has 2 aromatic carbocycles. The number of aliphatic imine (C=N–C) groups is 1. The smallest absolute Gasteiger partial charge is 0.435 e. The maximum absolute atomic E-state index is 14.1. The number of benzene rings is 2. The van der Waals surface area contributed by atoms with Crippen molar-refractivity contribution < 1.29 is 19.2 Å². The van der Waals surface area contributed by atoms with Crippen LogP contribution in [0.15, 0.2) is 64.1 Å². The largest absolute Gasteiger partial charge is 0.521 e. The summed E-state index contributed by atoms with van der Waals surface area (Å²) in [6, 6.07) is 14.9. The lowest BCUT2D eigenvalue weighted by atomic mass is 9.81. The molecule has 5 rings (SSSR count). The van der Waals surface area contributed by atoms with Crippen LogP contribution in [-0.2, 0) is 10.3 Å². The monoisotopic (exact) mass is 558 g/mol. The Morgan fingerprint density at radius 3 is 2.22 bits per heavy atom. The Morgan fingerprint density at radius 2 is 1.70 bits per heavy atom. The summed E-state index contributed by atoms with van der Waals surface area (Å²) in [7, 11) is 0. The minimum Gasteiger partial charge on any atom is -0.435 e. The molecule has 2 aromatic rings. The second-order valence-corrected chi connectivity index (χ2v) is 12.4. The van der Waals surface area contributed by atoms with Gasteiger partial charge in [0.25, 0.3) is 0 Å². The number of thioether (sulfide) groups is 1. The highest BCUT2D eigenvalue weighted by Gasteiger charge is 2.59. The summed E-state index contributed by atoms with van der Waals surface area (Å²) in [5, 5.41) is 12.2. The van der Waals surface area contributed by atoms with Crippen molar-refractivity contribution in [2.24, 2.45) is 10.9 Å². The molecule has 3 heterocycles. The Bertz CT molecular complexity index is 1330. The van der Waals surface area contributed by atoms with Crippen molar-refractivity contribution in [3.63, 3.8) is 0 Å². The zero-order valence-corrected chi connectivity index (χ0v) is 23.6. The van der Waals surface area contributed by atoms with Gasteiger partial charge in [0, 0.05) is 28.6 Å². The number of carboxylic acid groups (broad SMARTS) is 1. The summed E-state index contributed by atoms with van der Waals surface area (Å²) in [6.45, 7) is 8.35. The normalized spacial score (nSPS) is 29.2.